The first kappa shape index (κ1) is 12.4. The van der Waals surface area contributed by atoms with Gasteiger partial charge in [-0.25, -0.2) is 0 Å². The second-order valence-electron chi connectivity index (χ2n) is 4.82. The predicted molar refractivity (Wildman–Crippen MR) is 75.7 cm³/mol. The van der Waals surface area contributed by atoms with Gasteiger partial charge in [-0.05, 0) is 44.2 Å². The summed E-state index contributed by atoms with van der Waals surface area (Å²) >= 11 is 0. The molecule has 2 aromatic carbocycles. The van der Waals surface area contributed by atoms with Gasteiger partial charge in [0.15, 0.2) is 11.5 Å². The number of benzene rings is 2. The van der Waals surface area contributed by atoms with Crippen molar-refractivity contribution in [2.24, 2.45) is 0 Å². The van der Waals surface area contributed by atoms with E-state index in [2.05, 4.69) is 5.32 Å². The van der Waals surface area contributed by atoms with Crippen molar-refractivity contribution in [3.05, 3.63) is 53.1 Å². The highest BCUT2D eigenvalue weighted by Crippen LogP contribution is 2.36. The van der Waals surface area contributed by atoms with Gasteiger partial charge in [0.1, 0.15) is 5.75 Å². The zero-order valence-electron chi connectivity index (χ0n) is 11.2. The van der Waals surface area contributed by atoms with Gasteiger partial charge in [0.05, 0.1) is 11.3 Å². The van der Waals surface area contributed by atoms with E-state index in [1.165, 1.54) is 6.92 Å². The Kier molecular flexibility index (Phi) is 2.79. The first-order chi connectivity index (χ1) is 9.54. The Hall–Kier alpha value is -2.62. The molecule has 4 nitrogen and oxygen atoms in total. The van der Waals surface area contributed by atoms with E-state index in [0.717, 1.165) is 5.56 Å². The number of amides is 1. The minimum atomic E-state index is -0.233. The van der Waals surface area contributed by atoms with Gasteiger partial charge in [-0.1, -0.05) is 11.6 Å². The SMILES string of the molecule is CC(=O)c1ccc2c(c1)NC(=O)c1cc(C)ccc1O2. The number of aryl methyl sites for hydroxylation is 1. The molecular weight excluding hydrogens is 254 g/mol. The van der Waals surface area contributed by atoms with E-state index in [4.69, 9.17) is 4.74 Å². The molecule has 0 atom stereocenters. The molecule has 3 rings (SSSR count). The van der Waals surface area contributed by atoms with Gasteiger partial charge < -0.3 is 10.1 Å². The van der Waals surface area contributed by atoms with Crippen molar-refractivity contribution >= 4 is 17.4 Å². The number of ketones is 1. The Bertz CT molecular complexity index is 734. The molecule has 4 heteroatoms. The first-order valence-electron chi connectivity index (χ1n) is 6.29. The van der Waals surface area contributed by atoms with E-state index >= 15 is 0 Å². The maximum Gasteiger partial charge on any atom is 0.259 e. The number of rotatable bonds is 1. The normalized spacial score (nSPS) is 12.6. The standard InChI is InChI=1S/C16H13NO3/c1-9-3-5-14-12(7-9)16(19)17-13-8-11(10(2)18)4-6-15(13)20-14/h3-8H,1-2H3,(H,17,19). The molecule has 0 aromatic heterocycles. The summed E-state index contributed by atoms with van der Waals surface area (Å²) < 4.78 is 5.77. The lowest BCUT2D eigenvalue weighted by Crippen LogP contribution is -2.11. The number of hydrogen-bond acceptors (Lipinski definition) is 3. The second kappa shape index (κ2) is 4.49. The third-order valence-corrected chi connectivity index (χ3v) is 3.23. The Morgan fingerprint density at radius 1 is 1.10 bits per heavy atom. The number of fused-ring (bicyclic) bond motifs is 2. The molecule has 0 radical (unpaired) electrons. The maximum atomic E-state index is 12.2. The van der Waals surface area contributed by atoms with Crippen molar-refractivity contribution in [3.63, 3.8) is 0 Å². The second-order valence-corrected chi connectivity index (χ2v) is 4.82. The van der Waals surface area contributed by atoms with Crippen LogP contribution in [0.1, 0.15) is 33.2 Å². The molecular formula is C16H13NO3. The van der Waals surface area contributed by atoms with Crippen molar-refractivity contribution < 1.29 is 14.3 Å². The smallest absolute Gasteiger partial charge is 0.259 e. The van der Waals surface area contributed by atoms with E-state index < -0.39 is 0 Å². The van der Waals surface area contributed by atoms with Gasteiger partial charge in [0, 0.05) is 5.56 Å². The minimum absolute atomic E-state index is 0.0559. The summed E-state index contributed by atoms with van der Waals surface area (Å²) in [5, 5.41) is 2.78. The van der Waals surface area contributed by atoms with Crippen molar-refractivity contribution in [1.82, 2.24) is 0 Å². The lowest BCUT2D eigenvalue weighted by atomic mass is 10.1. The molecule has 0 saturated heterocycles. The van der Waals surface area contributed by atoms with Crippen LogP contribution in [0.2, 0.25) is 0 Å². The zero-order chi connectivity index (χ0) is 14.3. The third kappa shape index (κ3) is 2.05. The largest absolute Gasteiger partial charge is 0.454 e. The molecule has 1 N–H and O–H groups in total. The Balaban J connectivity index is 2.11. The van der Waals surface area contributed by atoms with E-state index in [-0.39, 0.29) is 11.7 Å². The topological polar surface area (TPSA) is 55.4 Å². The molecule has 0 aliphatic carbocycles. The fourth-order valence-corrected chi connectivity index (χ4v) is 2.15. The minimum Gasteiger partial charge on any atom is -0.454 e. The van der Waals surface area contributed by atoms with Gasteiger partial charge >= 0.3 is 0 Å². The van der Waals surface area contributed by atoms with Crippen molar-refractivity contribution in [2.45, 2.75) is 13.8 Å². The van der Waals surface area contributed by atoms with Gasteiger partial charge in [-0.15, -0.1) is 0 Å². The summed E-state index contributed by atoms with van der Waals surface area (Å²) in [4.78, 5) is 23.6. The average molecular weight is 267 g/mol. The summed E-state index contributed by atoms with van der Waals surface area (Å²) in [5.74, 6) is 0.760. The molecule has 1 amide bonds. The van der Waals surface area contributed by atoms with E-state index in [0.29, 0.717) is 28.3 Å². The highest BCUT2D eigenvalue weighted by atomic mass is 16.5. The van der Waals surface area contributed by atoms with Crippen LogP contribution in [0.3, 0.4) is 0 Å². The van der Waals surface area contributed by atoms with E-state index in [1.807, 2.05) is 13.0 Å². The third-order valence-electron chi connectivity index (χ3n) is 3.23. The summed E-state index contributed by atoms with van der Waals surface area (Å²) in [5.41, 5.74) is 2.52. The summed E-state index contributed by atoms with van der Waals surface area (Å²) in [6.45, 7) is 3.40. The number of anilines is 1. The van der Waals surface area contributed by atoms with Crippen molar-refractivity contribution in [1.29, 1.82) is 0 Å². The lowest BCUT2D eigenvalue weighted by Gasteiger charge is -2.08. The number of Topliss-reactive ketones (excluding diaryl/α,β-unsaturated/α-hetero) is 1. The van der Waals surface area contributed by atoms with Crippen LogP contribution >= 0.6 is 0 Å². The molecule has 1 heterocycles. The van der Waals surface area contributed by atoms with Crippen LogP contribution in [0.25, 0.3) is 0 Å². The molecule has 0 spiro atoms. The monoisotopic (exact) mass is 267 g/mol. The van der Waals surface area contributed by atoms with Gasteiger partial charge in [0.2, 0.25) is 0 Å². The van der Waals surface area contributed by atoms with Crippen LogP contribution in [0.4, 0.5) is 5.69 Å². The molecule has 1 aliphatic rings. The lowest BCUT2D eigenvalue weighted by molar-refractivity contribution is 0.101. The summed E-state index contributed by atoms with van der Waals surface area (Å²) in [6.07, 6.45) is 0. The Morgan fingerprint density at radius 3 is 2.60 bits per heavy atom. The molecule has 0 bridgehead atoms. The average Bonchev–Trinajstić information content (AvgIpc) is 2.54. The maximum absolute atomic E-state index is 12.2. The Morgan fingerprint density at radius 2 is 1.85 bits per heavy atom. The highest BCUT2D eigenvalue weighted by Gasteiger charge is 2.21. The summed E-state index contributed by atoms with van der Waals surface area (Å²) in [6, 6.07) is 10.5. The molecule has 0 fully saturated rings. The molecule has 0 unspecified atom stereocenters. The van der Waals surface area contributed by atoms with Crippen LogP contribution in [0, 0.1) is 6.92 Å². The van der Waals surface area contributed by atoms with E-state index in [1.54, 1.807) is 30.3 Å². The van der Waals surface area contributed by atoms with Crippen LogP contribution in [0.5, 0.6) is 11.5 Å². The Labute approximate surface area is 116 Å². The van der Waals surface area contributed by atoms with Gasteiger partial charge in [-0.2, -0.15) is 0 Å². The molecule has 2 aromatic rings. The molecule has 0 saturated carbocycles. The van der Waals surface area contributed by atoms with Crippen LogP contribution in [-0.4, -0.2) is 11.7 Å². The van der Waals surface area contributed by atoms with Crippen LogP contribution < -0.4 is 10.1 Å². The van der Waals surface area contributed by atoms with Gasteiger partial charge in [0.25, 0.3) is 5.91 Å². The molecule has 1 aliphatic heterocycles. The number of carbonyl (C=O) groups is 2. The van der Waals surface area contributed by atoms with Crippen LogP contribution in [0.15, 0.2) is 36.4 Å². The fourth-order valence-electron chi connectivity index (χ4n) is 2.15. The quantitative estimate of drug-likeness (QED) is 0.804. The van der Waals surface area contributed by atoms with E-state index in [9.17, 15) is 9.59 Å². The number of nitrogens with one attached hydrogen (secondary N) is 1. The first-order valence-corrected chi connectivity index (χ1v) is 6.29. The fraction of sp³-hybridized carbons (Fsp3) is 0.125. The number of hydrogen-bond donors (Lipinski definition) is 1. The zero-order valence-corrected chi connectivity index (χ0v) is 11.2. The van der Waals surface area contributed by atoms with Gasteiger partial charge in [-0.3, -0.25) is 9.59 Å². The number of ether oxygens (including phenoxy) is 1. The summed E-state index contributed by atoms with van der Waals surface area (Å²) in [7, 11) is 0. The highest BCUT2D eigenvalue weighted by molar-refractivity contribution is 6.08. The number of carbonyl (C=O) groups excluding carboxylic acids is 2. The molecule has 20 heavy (non-hydrogen) atoms. The molecule has 100 valence electrons. The van der Waals surface area contributed by atoms with Crippen molar-refractivity contribution in [3.8, 4) is 11.5 Å². The van der Waals surface area contributed by atoms with Crippen molar-refractivity contribution in [2.75, 3.05) is 5.32 Å². The van der Waals surface area contributed by atoms with Crippen LogP contribution in [-0.2, 0) is 0 Å². The predicted octanol–water partition coefficient (Wildman–Crippen LogP) is 3.56.